The monoisotopic (exact) mass is 335 g/mol. The Morgan fingerprint density at radius 2 is 2.12 bits per heavy atom. The van der Waals surface area contributed by atoms with Crippen LogP contribution in [0.2, 0.25) is 0 Å². The number of nitriles is 1. The molecule has 128 valence electrons. The van der Waals surface area contributed by atoms with Crippen LogP contribution in [0, 0.1) is 39.1 Å². The number of hydrogen-bond acceptors (Lipinski definition) is 6. The second-order valence-electron chi connectivity index (χ2n) is 5.84. The van der Waals surface area contributed by atoms with E-state index in [1.54, 1.807) is 6.07 Å². The van der Waals surface area contributed by atoms with Crippen LogP contribution in [0.15, 0.2) is 12.1 Å². The van der Waals surface area contributed by atoms with Crippen molar-refractivity contribution < 1.29 is 18.8 Å². The Hall–Kier alpha value is -2.69. The molecule has 1 aliphatic carbocycles. The molecule has 1 fully saturated rings. The van der Waals surface area contributed by atoms with Crippen LogP contribution < -0.4 is 5.32 Å². The summed E-state index contributed by atoms with van der Waals surface area (Å²) in [5.41, 5.74) is -0.617. The van der Waals surface area contributed by atoms with Crippen molar-refractivity contribution in [2.45, 2.75) is 25.7 Å². The summed E-state index contributed by atoms with van der Waals surface area (Å²) >= 11 is 0. The predicted octanol–water partition coefficient (Wildman–Crippen LogP) is 3.00. The lowest BCUT2D eigenvalue weighted by Crippen LogP contribution is -2.26. The van der Waals surface area contributed by atoms with Gasteiger partial charge in [-0.1, -0.05) is 0 Å². The molecule has 1 aromatic carbocycles. The number of methoxy groups -OCH3 is 1. The van der Waals surface area contributed by atoms with Gasteiger partial charge in [-0.05, 0) is 31.6 Å². The van der Waals surface area contributed by atoms with Crippen molar-refractivity contribution in [1.82, 2.24) is 0 Å². The van der Waals surface area contributed by atoms with Crippen molar-refractivity contribution in [1.29, 1.82) is 5.26 Å². The Morgan fingerprint density at radius 3 is 2.67 bits per heavy atom. The highest BCUT2D eigenvalue weighted by molar-refractivity contribution is 5.72. The summed E-state index contributed by atoms with van der Waals surface area (Å²) in [5, 5.41) is 22.8. The van der Waals surface area contributed by atoms with E-state index in [1.807, 2.05) is 0 Å². The minimum Gasteiger partial charge on any atom is -0.469 e. The Morgan fingerprint density at radius 1 is 1.46 bits per heavy atom. The normalized spacial score (nSPS) is 20.0. The third-order valence-corrected chi connectivity index (χ3v) is 4.36. The number of rotatable bonds is 5. The first-order valence-electron chi connectivity index (χ1n) is 7.66. The second kappa shape index (κ2) is 7.73. The van der Waals surface area contributed by atoms with Gasteiger partial charge in [-0.25, -0.2) is 4.39 Å². The highest BCUT2D eigenvalue weighted by atomic mass is 19.1. The van der Waals surface area contributed by atoms with E-state index in [-0.39, 0.29) is 34.7 Å². The predicted molar refractivity (Wildman–Crippen MR) is 83.7 cm³/mol. The molecule has 1 aliphatic rings. The summed E-state index contributed by atoms with van der Waals surface area (Å²) in [7, 11) is 1.37. The minimum absolute atomic E-state index is 0.0617. The summed E-state index contributed by atoms with van der Waals surface area (Å²) < 4.78 is 18.4. The molecule has 1 saturated carbocycles. The molecule has 0 aliphatic heterocycles. The number of anilines is 1. The molecule has 0 saturated heterocycles. The number of esters is 1. The average Bonchev–Trinajstić information content (AvgIpc) is 2.59. The summed E-state index contributed by atoms with van der Waals surface area (Å²) in [6.07, 6.45) is 3.00. The maximum atomic E-state index is 13.7. The fourth-order valence-corrected chi connectivity index (χ4v) is 2.96. The van der Waals surface area contributed by atoms with Gasteiger partial charge in [0.1, 0.15) is 17.6 Å². The number of nitrogens with zero attached hydrogens (tertiary/aromatic N) is 2. The quantitative estimate of drug-likeness (QED) is 0.504. The fraction of sp³-hybridized carbons (Fsp3) is 0.500. The molecule has 0 spiro atoms. The number of carbonyl (C=O) groups excluding carboxylic acids is 1. The Labute approximate surface area is 138 Å². The van der Waals surface area contributed by atoms with Gasteiger partial charge in [0.2, 0.25) is 0 Å². The SMILES string of the molecule is COC(=O)C1CCC(CNc2cc(F)c(C#N)cc2[N+](=O)[O-])CC1. The van der Waals surface area contributed by atoms with Crippen LogP contribution in [-0.2, 0) is 9.53 Å². The number of carbonyl (C=O) groups is 1. The Balaban J connectivity index is 2.00. The molecule has 0 heterocycles. The van der Waals surface area contributed by atoms with Gasteiger partial charge in [-0.15, -0.1) is 0 Å². The average molecular weight is 335 g/mol. The van der Waals surface area contributed by atoms with Crippen LogP contribution >= 0.6 is 0 Å². The van der Waals surface area contributed by atoms with Crippen molar-refractivity contribution in [2.24, 2.45) is 11.8 Å². The zero-order valence-electron chi connectivity index (χ0n) is 13.3. The van der Waals surface area contributed by atoms with Crippen LogP contribution in [0.5, 0.6) is 0 Å². The number of benzene rings is 1. The number of hydrogen-bond donors (Lipinski definition) is 1. The van der Waals surface area contributed by atoms with E-state index >= 15 is 0 Å². The maximum Gasteiger partial charge on any atom is 0.308 e. The molecular formula is C16H18FN3O4. The highest BCUT2D eigenvalue weighted by Gasteiger charge is 2.27. The van der Waals surface area contributed by atoms with E-state index in [0.29, 0.717) is 19.4 Å². The molecule has 0 bridgehead atoms. The number of ether oxygens (including phenoxy) is 1. The van der Waals surface area contributed by atoms with Crippen molar-refractivity contribution in [3.05, 3.63) is 33.6 Å². The molecule has 8 heteroatoms. The number of nitro benzene ring substituents is 1. The molecule has 1 aromatic rings. The van der Waals surface area contributed by atoms with Crippen LogP contribution in [0.25, 0.3) is 0 Å². The lowest BCUT2D eigenvalue weighted by Gasteiger charge is -2.27. The first-order chi connectivity index (χ1) is 11.5. The third-order valence-electron chi connectivity index (χ3n) is 4.36. The van der Waals surface area contributed by atoms with E-state index in [9.17, 15) is 19.3 Å². The van der Waals surface area contributed by atoms with E-state index in [4.69, 9.17) is 10.00 Å². The summed E-state index contributed by atoms with van der Waals surface area (Å²) in [6, 6.07) is 3.51. The van der Waals surface area contributed by atoms with Crippen LogP contribution in [0.1, 0.15) is 31.2 Å². The molecule has 24 heavy (non-hydrogen) atoms. The van der Waals surface area contributed by atoms with E-state index in [1.165, 1.54) is 7.11 Å². The van der Waals surface area contributed by atoms with Gasteiger partial charge >= 0.3 is 5.97 Å². The highest BCUT2D eigenvalue weighted by Crippen LogP contribution is 2.32. The second-order valence-corrected chi connectivity index (χ2v) is 5.84. The third kappa shape index (κ3) is 3.98. The van der Waals surface area contributed by atoms with Crippen molar-refractivity contribution in [3.63, 3.8) is 0 Å². The Kier molecular flexibility index (Phi) is 5.68. The molecule has 0 aromatic heterocycles. The molecule has 1 N–H and O–H groups in total. The molecule has 0 amide bonds. The molecule has 7 nitrogen and oxygen atoms in total. The zero-order valence-corrected chi connectivity index (χ0v) is 13.3. The van der Waals surface area contributed by atoms with Gasteiger partial charge in [0.05, 0.1) is 23.5 Å². The summed E-state index contributed by atoms with van der Waals surface area (Å²) in [6.45, 7) is 0.445. The topological polar surface area (TPSA) is 105 Å². The summed E-state index contributed by atoms with van der Waals surface area (Å²) in [5.74, 6) is -0.844. The maximum absolute atomic E-state index is 13.7. The zero-order chi connectivity index (χ0) is 17.7. The molecular weight excluding hydrogens is 317 g/mol. The Bertz CT molecular complexity index is 679. The van der Waals surface area contributed by atoms with Gasteiger partial charge < -0.3 is 10.1 Å². The van der Waals surface area contributed by atoms with Crippen LogP contribution in [0.3, 0.4) is 0 Å². The van der Waals surface area contributed by atoms with Gasteiger partial charge in [-0.2, -0.15) is 5.26 Å². The van der Waals surface area contributed by atoms with Crippen molar-refractivity contribution in [3.8, 4) is 6.07 Å². The van der Waals surface area contributed by atoms with Gasteiger partial charge in [0.25, 0.3) is 5.69 Å². The fourth-order valence-electron chi connectivity index (χ4n) is 2.96. The number of halogens is 1. The first-order valence-corrected chi connectivity index (χ1v) is 7.66. The van der Waals surface area contributed by atoms with Gasteiger partial charge in [0, 0.05) is 18.7 Å². The largest absolute Gasteiger partial charge is 0.469 e. The number of nitro groups is 1. The molecule has 0 radical (unpaired) electrons. The number of nitrogens with one attached hydrogen (secondary N) is 1. The minimum atomic E-state index is -0.792. The van der Waals surface area contributed by atoms with E-state index < -0.39 is 10.7 Å². The smallest absolute Gasteiger partial charge is 0.308 e. The van der Waals surface area contributed by atoms with Crippen LogP contribution in [0.4, 0.5) is 15.8 Å². The standard InChI is InChI=1S/C16H18FN3O4/c1-24-16(21)11-4-2-10(3-5-11)9-19-14-7-13(17)12(8-18)6-15(14)20(22)23/h6-7,10-11,19H,2-5,9H2,1H3. The van der Waals surface area contributed by atoms with Crippen LogP contribution in [-0.4, -0.2) is 24.5 Å². The van der Waals surface area contributed by atoms with Gasteiger partial charge in [-0.3, -0.25) is 14.9 Å². The molecule has 0 atom stereocenters. The van der Waals surface area contributed by atoms with Crippen molar-refractivity contribution >= 4 is 17.3 Å². The van der Waals surface area contributed by atoms with E-state index in [0.717, 1.165) is 25.0 Å². The molecule has 2 rings (SSSR count). The lowest BCUT2D eigenvalue weighted by molar-refractivity contribution is -0.384. The van der Waals surface area contributed by atoms with Crippen molar-refractivity contribution in [2.75, 3.05) is 19.0 Å². The summed E-state index contributed by atoms with van der Waals surface area (Å²) in [4.78, 5) is 21.9. The first kappa shape index (κ1) is 17.7. The van der Waals surface area contributed by atoms with E-state index in [2.05, 4.69) is 5.32 Å². The van der Waals surface area contributed by atoms with Gasteiger partial charge in [0.15, 0.2) is 0 Å². The lowest BCUT2D eigenvalue weighted by atomic mass is 9.82. The molecule has 0 unspecified atom stereocenters.